The Hall–Kier alpha value is -3.11. The summed E-state index contributed by atoms with van der Waals surface area (Å²) in [5.41, 5.74) is 2.34. The van der Waals surface area contributed by atoms with Crippen LogP contribution in [-0.2, 0) is 14.2 Å². The fourth-order valence-electron chi connectivity index (χ4n) is 4.44. The van der Waals surface area contributed by atoms with Crippen LogP contribution >= 0.6 is 7.60 Å². The first-order chi connectivity index (χ1) is 18.4. The fraction of sp³-hybridized carbons (Fsp3) is 0.481. The second kappa shape index (κ2) is 13.8. The number of carboxylic acids is 1. The third-order valence-corrected chi connectivity index (χ3v) is 7.48. The summed E-state index contributed by atoms with van der Waals surface area (Å²) >= 11 is 0. The first kappa shape index (κ1) is 30.4. The molecule has 2 heterocycles. The first-order valence-electron chi connectivity index (χ1n) is 13.1. The number of carboxylic acid groups (broad SMARTS) is 1. The average molecular weight is 561 g/mol. The zero-order chi connectivity index (χ0) is 28.6. The number of benzene rings is 1. The number of nitrogens with zero attached hydrogens (tertiary/aromatic N) is 3. The Morgan fingerprint density at radius 3 is 2.28 bits per heavy atom. The highest BCUT2D eigenvalue weighted by molar-refractivity contribution is 7.51. The van der Waals surface area contributed by atoms with Crippen molar-refractivity contribution in [3.63, 3.8) is 0 Å². The predicted molar refractivity (Wildman–Crippen MR) is 146 cm³/mol. The fourth-order valence-corrected chi connectivity index (χ4v) is 5.16. The standard InChI is InChI=1S/C27H37N4O7P/c1-19(2)21-16-22(20-8-4-3-5-9-20)28-23(17-21)26(34)29-24(18-39(36,37)38)27(35)31-14-12-30(13-15-31)11-7-6-10-25(32)33/h3-5,8-9,16-17,19,24H,6-7,10-15,18H2,1-2H3,(H,29,34)(H,32,33)(H2,36,37,38)/t24-/m0/s1. The lowest BCUT2D eigenvalue weighted by molar-refractivity contribution is -0.137. The second-order valence-electron chi connectivity index (χ2n) is 10.1. The van der Waals surface area contributed by atoms with Crippen molar-refractivity contribution in [3.8, 4) is 11.3 Å². The molecule has 39 heavy (non-hydrogen) atoms. The molecule has 0 unspecified atom stereocenters. The Kier molecular flexibility index (Phi) is 10.8. The number of rotatable bonds is 12. The quantitative estimate of drug-likeness (QED) is 0.226. The number of piperazine rings is 1. The number of carbonyl (C=O) groups excluding carboxylic acids is 2. The van der Waals surface area contributed by atoms with Crippen molar-refractivity contribution in [1.29, 1.82) is 0 Å². The van der Waals surface area contributed by atoms with Crippen LogP contribution < -0.4 is 5.32 Å². The largest absolute Gasteiger partial charge is 0.481 e. The Balaban J connectivity index is 1.72. The lowest BCUT2D eigenvalue weighted by atomic mass is 10.00. The highest BCUT2D eigenvalue weighted by Crippen LogP contribution is 2.35. The van der Waals surface area contributed by atoms with Gasteiger partial charge in [-0.3, -0.25) is 23.8 Å². The van der Waals surface area contributed by atoms with Gasteiger partial charge in [-0.1, -0.05) is 44.2 Å². The van der Waals surface area contributed by atoms with Crippen molar-refractivity contribution in [2.24, 2.45) is 0 Å². The minimum absolute atomic E-state index is 0.0646. The minimum atomic E-state index is -4.64. The van der Waals surface area contributed by atoms with Crippen molar-refractivity contribution in [2.45, 2.75) is 45.1 Å². The number of aromatic nitrogens is 1. The number of aliphatic carboxylic acids is 1. The van der Waals surface area contributed by atoms with E-state index in [0.29, 0.717) is 44.8 Å². The first-order valence-corrected chi connectivity index (χ1v) is 14.9. The second-order valence-corrected chi connectivity index (χ2v) is 11.8. The molecule has 0 saturated carbocycles. The average Bonchev–Trinajstić information content (AvgIpc) is 2.90. The highest BCUT2D eigenvalue weighted by Gasteiger charge is 2.34. The molecule has 1 aliphatic heterocycles. The molecule has 1 aromatic carbocycles. The van der Waals surface area contributed by atoms with Crippen LogP contribution in [0.2, 0.25) is 0 Å². The summed E-state index contributed by atoms with van der Waals surface area (Å²) in [7, 11) is -4.64. The van der Waals surface area contributed by atoms with Gasteiger partial charge in [0.2, 0.25) is 5.91 Å². The zero-order valence-electron chi connectivity index (χ0n) is 22.3. The smallest absolute Gasteiger partial charge is 0.328 e. The van der Waals surface area contributed by atoms with Crippen LogP contribution in [0.5, 0.6) is 0 Å². The van der Waals surface area contributed by atoms with Gasteiger partial charge in [-0.05, 0) is 43.0 Å². The van der Waals surface area contributed by atoms with Crippen molar-refractivity contribution in [3.05, 3.63) is 53.7 Å². The van der Waals surface area contributed by atoms with E-state index in [0.717, 1.165) is 17.5 Å². The molecule has 2 amide bonds. The minimum Gasteiger partial charge on any atom is -0.481 e. The third kappa shape index (κ3) is 9.54. The lowest BCUT2D eigenvalue weighted by Gasteiger charge is -2.36. The number of pyridine rings is 1. The summed E-state index contributed by atoms with van der Waals surface area (Å²) in [5.74, 6) is -1.97. The molecule has 1 atom stereocenters. The molecule has 1 fully saturated rings. The molecule has 2 aromatic rings. The third-order valence-electron chi connectivity index (χ3n) is 6.64. The summed E-state index contributed by atoms with van der Waals surface area (Å²) in [6.45, 7) is 6.45. The van der Waals surface area contributed by atoms with Crippen LogP contribution in [0.1, 0.15) is 55.1 Å². The Labute approximate surface area is 228 Å². The van der Waals surface area contributed by atoms with E-state index in [9.17, 15) is 28.7 Å². The molecule has 212 valence electrons. The van der Waals surface area contributed by atoms with Crippen LogP contribution in [0.4, 0.5) is 0 Å². The molecule has 1 aromatic heterocycles. The van der Waals surface area contributed by atoms with E-state index in [1.807, 2.05) is 50.2 Å². The summed E-state index contributed by atoms with van der Waals surface area (Å²) in [6.07, 6.45) is 0.597. The lowest BCUT2D eigenvalue weighted by Crippen LogP contribution is -2.56. The van der Waals surface area contributed by atoms with Gasteiger partial charge in [0.25, 0.3) is 5.91 Å². The van der Waals surface area contributed by atoms with Gasteiger partial charge >= 0.3 is 13.6 Å². The topological polar surface area (TPSA) is 160 Å². The van der Waals surface area contributed by atoms with Crippen LogP contribution in [-0.4, -0.2) is 92.4 Å². The van der Waals surface area contributed by atoms with Crippen LogP contribution in [0.25, 0.3) is 11.3 Å². The Morgan fingerprint density at radius 2 is 1.69 bits per heavy atom. The van der Waals surface area contributed by atoms with Crippen LogP contribution in [0.3, 0.4) is 0 Å². The van der Waals surface area contributed by atoms with E-state index >= 15 is 0 Å². The van der Waals surface area contributed by atoms with Crippen molar-refractivity contribution in [2.75, 3.05) is 38.9 Å². The van der Waals surface area contributed by atoms with E-state index < -0.39 is 37.6 Å². The number of hydrogen-bond donors (Lipinski definition) is 4. The zero-order valence-corrected chi connectivity index (χ0v) is 23.2. The van der Waals surface area contributed by atoms with Gasteiger partial charge in [-0.25, -0.2) is 4.98 Å². The van der Waals surface area contributed by atoms with E-state index in [-0.39, 0.29) is 18.0 Å². The van der Waals surface area contributed by atoms with E-state index in [1.165, 1.54) is 4.90 Å². The highest BCUT2D eigenvalue weighted by atomic mass is 31.2. The molecular formula is C27H37N4O7P. The maximum Gasteiger partial charge on any atom is 0.328 e. The SMILES string of the molecule is CC(C)c1cc(C(=O)N[C@@H](CP(=O)(O)O)C(=O)N2CCN(CCCCC(=O)O)CC2)nc(-c2ccccc2)c1. The van der Waals surface area contributed by atoms with Crippen LogP contribution in [0, 0.1) is 0 Å². The Morgan fingerprint density at radius 1 is 1.03 bits per heavy atom. The summed E-state index contributed by atoms with van der Waals surface area (Å²) in [4.78, 5) is 64.7. The molecule has 11 nitrogen and oxygen atoms in total. The number of hydrogen-bond acceptors (Lipinski definition) is 6. The van der Waals surface area contributed by atoms with Gasteiger partial charge in [0.15, 0.2) is 0 Å². The van der Waals surface area contributed by atoms with Gasteiger partial charge in [0.1, 0.15) is 11.7 Å². The number of carbonyl (C=O) groups is 3. The molecule has 1 aliphatic rings. The summed E-state index contributed by atoms with van der Waals surface area (Å²) in [6, 6.07) is 11.5. The Bertz CT molecular complexity index is 1190. The molecule has 0 aliphatic carbocycles. The predicted octanol–water partition coefficient (Wildman–Crippen LogP) is 2.55. The molecule has 0 radical (unpaired) electrons. The molecule has 4 N–H and O–H groups in total. The molecular weight excluding hydrogens is 523 g/mol. The summed E-state index contributed by atoms with van der Waals surface area (Å²) in [5, 5.41) is 11.3. The van der Waals surface area contributed by atoms with Gasteiger partial charge in [-0.15, -0.1) is 0 Å². The van der Waals surface area contributed by atoms with E-state index in [1.54, 1.807) is 6.07 Å². The van der Waals surface area contributed by atoms with Gasteiger partial charge < -0.3 is 25.1 Å². The summed E-state index contributed by atoms with van der Waals surface area (Å²) < 4.78 is 11.9. The number of amides is 2. The molecule has 12 heteroatoms. The number of nitrogens with one attached hydrogen (secondary N) is 1. The van der Waals surface area contributed by atoms with Crippen LogP contribution in [0.15, 0.2) is 42.5 Å². The van der Waals surface area contributed by atoms with Gasteiger partial charge in [0, 0.05) is 38.2 Å². The van der Waals surface area contributed by atoms with Crippen molar-refractivity contribution < 1.29 is 33.8 Å². The molecule has 0 bridgehead atoms. The maximum absolute atomic E-state index is 13.3. The number of unbranched alkanes of at least 4 members (excludes halogenated alkanes) is 1. The van der Waals surface area contributed by atoms with Gasteiger partial charge in [-0.2, -0.15) is 0 Å². The van der Waals surface area contributed by atoms with E-state index in [2.05, 4.69) is 15.2 Å². The normalized spacial score (nSPS) is 15.3. The molecule has 3 rings (SSSR count). The van der Waals surface area contributed by atoms with E-state index in [4.69, 9.17) is 5.11 Å². The maximum atomic E-state index is 13.3. The van der Waals surface area contributed by atoms with Gasteiger partial charge in [0.05, 0.1) is 11.9 Å². The van der Waals surface area contributed by atoms with Crippen molar-refractivity contribution in [1.82, 2.24) is 20.1 Å². The molecule has 0 spiro atoms. The molecule has 1 saturated heterocycles. The monoisotopic (exact) mass is 560 g/mol. The van der Waals surface area contributed by atoms with Crippen molar-refractivity contribution >= 4 is 25.4 Å².